The second-order valence-electron chi connectivity index (χ2n) is 2.74. The molecule has 0 aliphatic heterocycles. The summed E-state index contributed by atoms with van der Waals surface area (Å²) in [7, 11) is 1.62. The summed E-state index contributed by atoms with van der Waals surface area (Å²) in [5.74, 6) is 0.790. The highest BCUT2D eigenvalue weighted by Crippen LogP contribution is 2.20. The zero-order valence-electron chi connectivity index (χ0n) is 7.78. The predicted molar refractivity (Wildman–Crippen MR) is 52.8 cm³/mol. The van der Waals surface area contributed by atoms with E-state index < -0.39 is 0 Å². The van der Waals surface area contributed by atoms with Crippen molar-refractivity contribution in [2.24, 2.45) is 0 Å². The van der Waals surface area contributed by atoms with Crippen molar-refractivity contribution >= 4 is 12.4 Å². The molecule has 0 saturated carbocycles. The van der Waals surface area contributed by atoms with Crippen LogP contribution in [0.4, 0.5) is 0 Å². The van der Waals surface area contributed by atoms with Gasteiger partial charge in [0.2, 0.25) is 0 Å². The second kappa shape index (κ2) is 4.45. The molecule has 0 radical (unpaired) electrons. The molecule has 2 nitrogen and oxygen atoms in total. The summed E-state index contributed by atoms with van der Waals surface area (Å²) in [5.41, 5.74) is 2.06. The average Bonchev–Trinajstić information content (AvgIpc) is 2.16. The number of hydrogen-bond acceptors (Lipinski definition) is 2. The number of methoxy groups -OCH3 is 1. The van der Waals surface area contributed by atoms with Crippen LogP contribution in [0.5, 0.6) is 5.75 Å². The first-order valence-corrected chi connectivity index (χ1v) is 4.04. The van der Waals surface area contributed by atoms with Crippen LogP contribution >= 0.6 is 0 Å². The van der Waals surface area contributed by atoms with Gasteiger partial charge in [-0.3, -0.25) is 4.79 Å². The number of ether oxygens (including phenoxy) is 1. The Morgan fingerprint density at radius 1 is 1.38 bits per heavy atom. The maximum absolute atomic E-state index is 10.1. The van der Waals surface area contributed by atoms with Crippen LogP contribution in [-0.4, -0.2) is 13.4 Å². The normalized spacial score (nSPS) is 10.3. The van der Waals surface area contributed by atoms with Crippen molar-refractivity contribution in [3.8, 4) is 5.75 Å². The van der Waals surface area contributed by atoms with Gasteiger partial charge in [-0.05, 0) is 30.7 Å². The largest absolute Gasteiger partial charge is 0.496 e. The van der Waals surface area contributed by atoms with Crippen LogP contribution in [0.2, 0.25) is 0 Å². The molecule has 1 aromatic rings. The van der Waals surface area contributed by atoms with Gasteiger partial charge in [-0.15, -0.1) is 0 Å². The van der Waals surface area contributed by atoms with Crippen molar-refractivity contribution in [2.75, 3.05) is 7.11 Å². The standard InChI is InChI=1S/C11H12O2/c1-9-5-6-10(4-3-7-12)11(8-9)13-2/h3-8H,1-2H3/b4-3-. The molecule has 13 heavy (non-hydrogen) atoms. The van der Waals surface area contributed by atoms with Crippen LogP contribution in [0.25, 0.3) is 6.08 Å². The van der Waals surface area contributed by atoms with Crippen molar-refractivity contribution in [3.05, 3.63) is 35.4 Å². The van der Waals surface area contributed by atoms with Gasteiger partial charge in [0.25, 0.3) is 0 Å². The Labute approximate surface area is 77.8 Å². The third-order valence-corrected chi connectivity index (χ3v) is 1.74. The van der Waals surface area contributed by atoms with E-state index >= 15 is 0 Å². The summed E-state index contributed by atoms with van der Waals surface area (Å²) in [6.45, 7) is 2.00. The first kappa shape index (κ1) is 9.52. The number of carbonyl (C=O) groups excluding carboxylic acids is 1. The Morgan fingerprint density at radius 3 is 2.77 bits per heavy atom. The highest BCUT2D eigenvalue weighted by molar-refractivity contribution is 5.75. The topological polar surface area (TPSA) is 26.3 Å². The molecule has 0 aliphatic carbocycles. The number of aldehydes is 1. The van der Waals surface area contributed by atoms with Gasteiger partial charge in [-0.1, -0.05) is 12.1 Å². The Bertz CT molecular complexity index is 327. The molecular formula is C11H12O2. The molecule has 0 saturated heterocycles. The summed E-state index contributed by atoms with van der Waals surface area (Å²) < 4.78 is 5.16. The molecule has 0 aromatic heterocycles. The fourth-order valence-electron chi connectivity index (χ4n) is 1.10. The maximum atomic E-state index is 10.1. The minimum absolute atomic E-state index is 0.749. The van der Waals surface area contributed by atoms with Gasteiger partial charge in [-0.25, -0.2) is 0 Å². The first-order valence-electron chi connectivity index (χ1n) is 4.04. The Kier molecular flexibility index (Phi) is 3.26. The zero-order chi connectivity index (χ0) is 9.68. The molecule has 1 rings (SSSR count). The lowest BCUT2D eigenvalue weighted by Gasteiger charge is -2.04. The summed E-state index contributed by atoms with van der Waals surface area (Å²) in [6.07, 6.45) is 3.93. The van der Waals surface area contributed by atoms with Gasteiger partial charge < -0.3 is 4.74 Å². The Morgan fingerprint density at radius 2 is 2.15 bits per heavy atom. The van der Waals surface area contributed by atoms with E-state index in [4.69, 9.17) is 4.74 Å². The zero-order valence-corrected chi connectivity index (χ0v) is 7.78. The monoisotopic (exact) mass is 176 g/mol. The molecule has 0 bridgehead atoms. The van der Waals surface area contributed by atoms with Crippen molar-refractivity contribution < 1.29 is 9.53 Å². The van der Waals surface area contributed by atoms with E-state index in [0.717, 1.165) is 23.2 Å². The van der Waals surface area contributed by atoms with Crippen molar-refractivity contribution in [1.82, 2.24) is 0 Å². The van der Waals surface area contributed by atoms with E-state index in [-0.39, 0.29) is 0 Å². The third-order valence-electron chi connectivity index (χ3n) is 1.74. The molecule has 0 amide bonds. The molecule has 0 unspecified atom stereocenters. The van der Waals surface area contributed by atoms with E-state index in [1.807, 2.05) is 25.1 Å². The molecule has 0 aliphatic rings. The van der Waals surface area contributed by atoms with Crippen LogP contribution in [0.3, 0.4) is 0 Å². The number of benzene rings is 1. The van der Waals surface area contributed by atoms with E-state index in [1.165, 1.54) is 6.08 Å². The van der Waals surface area contributed by atoms with Crippen LogP contribution in [0.15, 0.2) is 24.3 Å². The SMILES string of the molecule is COc1cc(C)ccc1/C=C\C=O. The molecule has 68 valence electrons. The van der Waals surface area contributed by atoms with Crippen LogP contribution in [0, 0.1) is 6.92 Å². The molecular weight excluding hydrogens is 164 g/mol. The third kappa shape index (κ3) is 2.44. The summed E-state index contributed by atoms with van der Waals surface area (Å²) in [4.78, 5) is 10.1. The fraction of sp³-hybridized carbons (Fsp3) is 0.182. The van der Waals surface area contributed by atoms with E-state index in [9.17, 15) is 4.79 Å². The van der Waals surface area contributed by atoms with E-state index in [1.54, 1.807) is 13.2 Å². The molecule has 0 atom stereocenters. The fourth-order valence-corrected chi connectivity index (χ4v) is 1.10. The number of carbonyl (C=O) groups is 1. The lowest BCUT2D eigenvalue weighted by Crippen LogP contribution is -1.87. The summed E-state index contributed by atoms with van der Waals surface area (Å²) in [5, 5.41) is 0. The molecule has 0 N–H and O–H groups in total. The Hall–Kier alpha value is -1.57. The molecule has 0 heterocycles. The van der Waals surface area contributed by atoms with E-state index in [0.29, 0.717) is 0 Å². The minimum Gasteiger partial charge on any atom is -0.496 e. The lowest BCUT2D eigenvalue weighted by molar-refractivity contribution is -0.104. The Balaban J connectivity index is 3.05. The number of allylic oxidation sites excluding steroid dienone is 1. The van der Waals surface area contributed by atoms with Gasteiger partial charge in [0, 0.05) is 5.56 Å². The molecule has 1 aromatic carbocycles. The molecule has 0 fully saturated rings. The van der Waals surface area contributed by atoms with Gasteiger partial charge in [0.05, 0.1) is 7.11 Å². The van der Waals surface area contributed by atoms with Gasteiger partial charge >= 0.3 is 0 Å². The second-order valence-corrected chi connectivity index (χ2v) is 2.74. The minimum atomic E-state index is 0.749. The van der Waals surface area contributed by atoms with Crippen molar-refractivity contribution in [3.63, 3.8) is 0 Å². The van der Waals surface area contributed by atoms with Gasteiger partial charge in [0.1, 0.15) is 12.0 Å². The van der Waals surface area contributed by atoms with Crippen LogP contribution in [-0.2, 0) is 4.79 Å². The molecule has 0 spiro atoms. The maximum Gasteiger partial charge on any atom is 0.142 e. The van der Waals surface area contributed by atoms with E-state index in [2.05, 4.69) is 0 Å². The van der Waals surface area contributed by atoms with Crippen LogP contribution in [0.1, 0.15) is 11.1 Å². The number of aryl methyl sites for hydroxylation is 1. The predicted octanol–water partition coefficient (Wildman–Crippen LogP) is 2.22. The van der Waals surface area contributed by atoms with Crippen molar-refractivity contribution in [2.45, 2.75) is 6.92 Å². The smallest absolute Gasteiger partial charge is 0.142 e. The van der Waals surface area contributed by atoms with Gasteiger partial charge in [-0.2, -0.15) is 0 Å². The highest BCUT2D eigenvalue weighted by atomic mass is 16.5. The highest BCUT2D eigenvalue weighted by Gasteiger charge is 1.98. The lowest BCUT2D eigenvalue weighted by atomic mass is 10.1. The van der Waals surface area contributed by atoms with Crippen molar-refractivity contribution in [1.29, 1.82) is 0 Å². The quantitative estimate of drug-likeness (QED) is 0.521. The number of hydrogen-bond donors (Lipinski definition) is 0. The molecule has 2 heteroatoms. The van der Waals surface area contributed by atoms with Crippen LogP contribution < -0.4 is 4.74 Å². The summed E-state index contributed by atoms with van der Waals surface area (Å²) >= 11 is 0. The number of rotatable bonds is 3. The first-order chi connectivity index (χ1) is 6.27. The average molecular weight is 176 g/mol. The summed E-state index contributed by atoms with van der Waals surface area (Å²) in [6, 6.07) is 5.84. The van der Waals surface area contributed by atoms with Gasteiger partial charge in [0.15, 0.2) is 0 Å².